The number of amides is 2. The molecule has 34 heavy (non-hydrogen) atoms. The second kappa shape index (κ2) is 12.0. The van der Waals surface area contributed by atoms with Gasteiger partial charge in [0, 0.05) is 44.5 Å². The summed E-state index contributed by atoms with van der Waals surface area (Å²) in [5.74, 6) is -2.39. The molecule has 3 heterocycles. The van der Waals surface area contributed by atoms with E-state index in [9.17, 15) is 22.8 Å². The zero-order chi connectivity index (χ0) is 25.5. The average Bonchev–Trinajstić information content (AvgIpc) is 3.31. The second-order valence-corrected chi connectivity index (χ2v) is 8.12. The van der Waals surface area contributed by atoms with Gasteiger partial charge in [-0.1, -0.05) is 0 Å². The third-order valence-corrected chi connectivity index (χ3v) is 5.49. The molecular weight excluding hydrogens is 461 g/mol. The third kappa shape index (κ3) is 7.87. The van der Waals surface area contributed by atoms with Gasteiger partial charge in [0.1, 0.15) is 12.4 Å². The fourth-order valence-electron chi connectivity index (χ4n) is 4.04. The van der Waals surface area contributed by atoms with Gasteiger partial charge in [-0.3, -0.25) is 14.5 Å². The van der Waals surface area contributed by atoms with E-state index in [1.54, 1.807) is 6.07 Å². The van der Waals surface area contributed by atoms with Crippen molar-refractivity contribution in [1.29, 1.82) is 0 Å². The van der Waals surface area contributed by atoms with Crippen LogP contribution >= 0.6 is 0 Å². The number of carbonyl (C=O) groups excluding carboxylic acids is 2. The molecule has 0 saturated carbocycles. The number of carboxylic acid groups (broad SMARTS) is 1. The molecule has 192 valence electrons. The second-order valence-electron chi connectivity index (χ2n) is 8.12. The smallest absolute Gasteiger partial charge is 0.475 e. The Labute approximate surface area is 194 Å². The van der Waals surface area contributed by atoms with Crippen molar-refractivity contribution in [1.82, 2.24) is 25.3 Å². The number of nitrogens with two attached hydrogens (primary N) is 1. The molecule has 14 heteroatoms. The Morgan fingerprint density at radius 2 is 1.91 bits per heavy atom. The molecule has 0 aliphatic carbocycles. The number of nitrogens with zero attached hydrogens (tertiary/aromatic N) is 3. The SMILES string of the molecule is CCNC(=O)[C@@H]1C[C@@H](NC(=O)Cn2nc(C)cc2N)CN1C1CCOCC1.O=C(O)C(F)(F)F. The molecule has 0 bridgehead atoms. The molecule has 5 N–H and O–H groups in total. The van der Waals surface area contributed by atoms with Gasteiger partial charge in [-0.2, -0.15) is 18.3 Å². The number of rotatable bonds is 6. The molecule has 2 aliphatic heterocycles. The monoisotopic (exact) mass is 492 g/mol. The van der Waals surface area contributed by atoms with Crippen molar-refractivity contribution in [2.24, 2.45) is 0 Å². The van der Waals surface area contributed by atoms with Crippen molar-refractivity contribution < 1.29 is 37.4 Å². The first-order valence-electron chi connectivity index (χ1n) is 10.9. The Morgan fingerprint density at radius 1 is 1.29 bits per heavy atom. The summed E-state index contributed by atoms with van der Waals surface area (Å²) in [6.07, 6.45) is -2.64. The Balaban J connectivity index is 0.000000509. The van der Waals surface area contributed by atoms with Crippen molar-refractivity contribution in [3.8, 4) is 0 Å². The molecule has 2 amide bonds. The largest absolute Gasteiger partial charge is 0.490 e. The van der Waals surface area contributed by atoms with E-state index in [0.29, 0.717) is 31.4 Å². The van der Waals surface area contributed by atoms with E-state index in [-0.39, 0.29) is 30.4 Å². The van der Waals surface area contributed by atoms with Crippen molar-refractivity contribution in [3.05, 3.63) is 11.8 Å². The predicted octanol–water partition coefficient (Wildman–Crippen LogP) is 0.281. The van der Waals surface area contributed by atoms with E-state index in [1.807, 2.05) is 13.8 Å². The number of aliphatic carboxylic acids is 1. The molecule has 0 unspecified atom stereocenters. The quantitative estimate of drug-likeness (QED) is 0.442. The molecule has 0 radical (unpaired) electrons. The molecule has 2 atom stereocenters. The van der Waals surface area contributed by atoms with E-state index >= 15 is 0 Å². The van der Waals surface area contributed by atoms with Crippen molar-refractivity contribution in [2.75, 3.05) is 32.0 Å². The minimum absolute atomic E-state index is 0.0349. The highest BCUT2D eigenvalue weighted by Gasteiger charge is 2.41. The van der Waals surface area contributed by atoms with Crippen LogP contribution in [0.3, 0.4) is 0 Å². The Morgan fingerprint density at radius 3 is 2.41 bits per heavy atom. The number of ether oxygens (including phenoxy) is 1. The van der Waals surface area contributed by atoms with Crippen LogP contribution in [0.25, 0.3) is 0 Å². The number of anilines is 1. The number of aromatic nitrogens is 2. The van der Waals surface area contributed by atoms with Crippen LogP contribution in [0.4, 0.5) is 19.0 Å². The highest BCUT2D eigenvalue weighted by molar-refractivity contribution is 5.82. The van der Waals surface area contributed by atoms with Crippen LogP contribution in [0.1, 0.15) is 31.9 Å². The van der Waals surface area contributed by atoms with Gasteiger partial charge in [-0.05, 0) is 33.1 Å². The Bertz CT molecular complexity index is 856. The lowest BCUT2D eigenvalue weighted by molar-refractivity contribution is -0.192. The first-order valence-corrected chi connectivity index (χ1v) is 10.9. The summed E-state index contributed by atoms with van der Waals surface area (Å²) in [6, 6.07) is 1.78. The Hall–Kier alpha value is -2.87. The van der Waals surface area contributed by atoms with Crippen molar-refractivity contribution >= 4 is 23.6 Å². The maximum absolute atomic E-state index is 12.5. The van der Waals surface area contributed by atoms with Crippen LogP contribution < -0.4 is 16.4 Å². The normalized spacial score (nSPS) is 21.4. The number of carboxylic acids is 1. The van der Waals surface area contributed by atoms with Gasteiger partial charge in [-0.25, -0.2) is 9.48 Å². The number of aryl methyl sites for hydroxylation is 1. The summed E-state index contributed by atoms with van der Waals surface area (Å²) in [5.41, 5.74) is 6.64. The standard InChI is InChI=1S/C18H30N6O3.C2HF3O2/c1-3-20-18(26)15-9-13(10-23(15)14-4-6-27-7-5-14)21-17(25)11-24-16(19)8-12(2)22-24;3-2(4,5)1(6)7/h8,13-15H,3-7,9-11,19H2,1-2H3,(H,20,26)(H,21,25);(H,6,7)/t13-,15+;/m1./s1. The molecule has 1 aromatic heterocycles. The number of nitrogens with one attached hydrogen (secondary N) is 2. The molecule has 2 fully saturated rings. The van der Waals surface area contributed by atoms with Crippen molar-refractivity contribution in [2.45, 2.75) is 64.0 Å². The van der Waals surface area contributed by atoms with Crippen LogP contribution in [0, 0.1) is 6.92 Å². The predicted molar refractivity (Wildman–Crippen MR) is 115 cm³/mol. The summed E-state index contributed by atoms with van der Waals surface area (Å²) < 4.78 is 38.7. The van der Waals surface area contributed by atoms with Gasteiger partial charge >= 0.3 is 12.1 Å². The van der Waals surface area contributed by atoms with Gasteiger partial charge < -0.3 is 26.2 Å². The minimum Gasteiger partial charge on any atom is -0.475 e. The molecule has 2 saturated heterocycles. The summed E-state index contributed by atoms with van der Waals surface area (Å²) in [4.78, 5) is 36.1. The first-order chi connectivity index (χ1) is 15.9. The summed E-state index contributed by atoms with van der Waals surface area (Å²) in [5, 5.41) is 17.3. The van der Waals surface area contributed by atoms with Gasteiger partial charge in [0.05, 0.1) is 11.7 Å². The molecule has 3 rings (SSSR count). The molecule has 11 nitrogen and oxygen atoms in total. The Kier molecular flexibility index (Phi) is 9.67. The maximum atomic E-state index is 12.5. The van der Waals surface area contributed by atoms with Crippen LogP contribution in [-0.2, 0) is 25.7 Å². The number of likely N-dealkylation sites (tertiary alicyclic amines) is 1. The van der Waals surface area contributed by atoms with Crippen LogP contribution in [0.15, 0.2) is 6.07 Å². The molecular formula is C20H31F3N6O5. The lowest BCUT2D eigenvalue weighted by Gasteiger charge is -2.34. The van der Waals surface area contributed by atoms with E-state index < -0.39 is 12.1 Å². The minimum atomic E-state index is -5.08. The molecule has 0 spiro atoms. The zero-order valence-electron chi connectivity index (χ0n) is 19.1. The fraction of sp³-hybridized carbons (Fsp3) is 0.700. The van der Waals surface area contributed by atoms with Gasteiger partial charge in [0.2, 0.25) is 11.8 Å². The number of likely N-dealkylation sites (N-methyl/N-ethyl adjacent to an activating group) is 1. The van der Waals surface area contributed by atoms with E-state index in [1.165, 1.54) is 4.68 Å². The first kappa shape index (κ1) is 27.4. The zero-order valence-corrected chi connectivity index (χ0v) is 19.1. The summed E-state index contributed by atoms with van der Waals surface area (Å²) in [7, 11) is 0. The molecule has 1 aromatic rings. The van der Waals surface area contributed by atoms with E-state index in [4.69, 9.17) is 20.4 Å². The lowest BCUT2D eigenvalue weighted by atomic mass is 10.1. The number of halogens is 3. The summed E-state index contributed by atoms with van der Waals surface area (Å²) >= 11 is 0. The average molecular weight is 492 g/mol. The molecule has 0 aromatic carbocycles. The summed E-state index contributed by atoms with van der Waals surface area (Å²) in [6.45, 7) is 6.55. The van der Waals surface area contributed by atoms with Crippen LogP contribution in [0.2, 0.25) is 0 Å². The number of carbonyl (C=O) groups is 3. The van der Waals surface area contributed by atoms with E-state index in [0.717, 1.165) is 31.7 Å². The number of hydrogen-bond acceptors (Lipinski definition) is 7. The molecule has 2 aliphatic rings. The van der Waals surface area contributed by atoms with Gasteiger partial charge in [-0.15, -0.1) is 0 Å². The third-order valence-electron chi connectivity index (χ3n) is 5.49. The van der Waals surface area contributed by atoms with Crippen molar-refractivity contribution in [3.63, 3.8) is 0 Å². The fourth-order valence-corrected chi connectivity index (χ4v) is 4.04. The topological polar surface area (TPSA) is 152 Å². The van der Waals surface area contributed by atoms with Crippen LogP contribution in [0.5, 0.6) is 0 Å². The highest BCUT2D eigenvalue weighted by atomic mass is 19.4. The number of alkyl halides is 3. The van der Waals surface area contributed by atoms with Crippen LogP contribution in [-0.4, -0.2) is 88.2 Å². The number of hydrogen-bond donors (Lipinski definition) is 4. The highest BCUT2D eigenvalue weighted by Crippen LogP contribution is 2.26. The van der Waals surface area contributed by atoms with Gasteiger partial charge in [0.15, 0.2) is 0 Å². The number of nitrogen functional groups attached to an aromatic ring is 1. The maximum Gasteiger partial charge on any atom is 0.490 e. The lowest BCUT2D eigenvalue weighted by Crippen LogP contribution is -2.49. The van der Waals surface area contributed by atoms with E-state index in [2.05, 4.69) is 20.6 Å². The van der Waals surface area contributed by atoms with Gasteiger partial charge in [0.25, 0.3) is 0 Å².